The minimum atomic E-state index is -5.02. The number of carboxylic acid groups (broad SMARTS) is 1. The molecule has 0 saturated carbocycles. The van der Waals surface area contributed by atoms with Gasteiger partial charge in [0.25, 0.3) is 0 Å². The molecule has 0 bridgehead atoms. The Hall–Kier alpha value is -1.30. The van der Waals surface area contributed by atoms with Crippen LogP contribution in [0.3, 0.4) is 0 Å². The molecule has 82 valence electrons. The number of rotatable bonds is 1. The highest BCUT2D eigenvalue weighted by Gasteiger charge is 2.38. The van der Waals surface area contributed by atoms with E-state index in [1.54, 1.807) is 0 Å². The third-order valence-corrected chi connectivity index (χ3v) is 1.92. The van der Waals surface area contributed by atoms with Crippen LogP contribution in [0.4, 0.5) is 17.6 Å². The molecule has 1 aromatic carbocycles. The number of carboxylic acids is 1. The van der Waals surface area contributed by atoms with Crippen LogP contribution in [0, 0.1) is 5.82 Å². The molecular formula is C8H3ClF4O2. The number of hydrogen-bond acceptors (Lipinski definition) is 1. The van der Waals surface area contributed by atoms with Crippen LogP contribution in [0.25, 0.3) is 0 Å². The van der Waals surface area contributed by atoms with Gasteiger partial charge >= 0.3 is 12.1 Å². The lowest BCUT2D eigenvalue weighted by molar-refractivity contribution is -0.139. The molecule has 0 spiro atoms. The quantitative estimate of drug-likeness (QED) is 0.768. The van der Waals surface area contributed by atoms with Gasteiger partial charge in [-0.2, -0.15) is 13.2 Å². The van der Waals surface area contributed by atoms with Gasteiger partial charge in [-0.1, -0.05) is 11.6 Å². The minimum absolute atomic E-state index is 0.676. The molecule has 2 nitrogen and oxygen atoms in total. The van der Waals surface area contributed by atoms with Crippen molar-refractivity contribution in [1.29, 1.82) is 0 Å². The maximum Gasteiger partial charge on any atom is 0.420 e. The second kappa shape index (κ2) is 3.69. The largest absolute Gasteiger partial charge is 0.478 e. The topological polar surface area (TPSA) is 37.3 Å². The summed E-state index contributed by atoms with van der Waals surface area (Å²) in [6.07, 6.45) is -5.02. The molecule has 0 heterocycles. The van der Waals surface area contributed by atoms with Gasteiger partial charge in [-0.05, 0) is 12.1 Å². The normalized spacial score (nSPS) is 11.5. The molecule has 7 heteroatoms. The molecule has 0 fully saturated rings. The summed E-state index contributed by atoms with van der Waals surface area (Å²) in [7, 11) is 0. The molecule has 0 aliphatic rings. The number of halogens is 5. The van der Waals surface area contributed by atoms with Gasteiger partial charge in [0.2, 0.25) is 0 Å². The van der Waals surface area contributed by atoms with Gasteiger partial charge in [-0.3, -0.25) is 0 Å². The van der Waals surface area contributed by atoms with E-state index in [4.69, 9.17) is 16.7 Å². The number of carbonyl (C=O) groups is 1. The van der Waals surface area contributed by atoms with Crippen LogP contribution < -0.4 is 0 Å². The smallest absolute Gasteiger partial charge is 0.420 e. The molecule has 0 aliphatic heterocycles. The van der Waals surface area contributed by atoms with Crippen molar-refractivity contribution < 1.29 is 27.5 Å². The lowest BCUT2D eigenvalue weighted by Crippen LogP contribution is -2.13. The van der Waals surface area contributed by atoms with Gasteiger partial charge < -0.3 is 5.11 Å². The first-order valence-electron chi connectivity index (χ1n) is 3.53. The third kappa shape index (κ3) is 2.20. The van der Waals surface area contributed by atoms with E-state index in [-0.39, 0.29) is 0 Å². The van der Waals surface area contributed by atoms with Crippen molar-refractivity contribution >= 4 is 17.6 Å². The Morgan fingerprint density at radius 1 is 1.33 bits per heavy atom. The first-order chi connectivity index (χ1) is 6.75. The fourth-order valence-electron chi connectivity index (χ4n) is 0.978. The van der Waals surface area contributed by atoms with Crippen LogP contribution in [0.5, 0.6) is 0 Å². The summed E-state index contributed by atoms with van der Waals surface area (Å²) in [6, 6.07) is 1.37. The van der Waals surface area contributed by atoms with Crippen molar-refractivity contribution in [3.8, 4) is 0 Å². The predicted octanol–water partition coefficient (Wildman–Crippen LogP) is 3.20. The molecule has 15 heavy (non-hydrogen) atoms. The van der Waals surface area contributed by atoms with Crippen LogP contribution in [0.1, 0.15) is 15.9 Å². The van der Waals surface area contributed by atoms with E-state index in [0.29, 0.717) is 12.1 Å². The highest BCUT2D eigenvalue weighted by Crippen LogP contribution is 2.37. The van der Waals surface area contributed by atoms with Gasteiger partial charge in [-0.15, -0.1) is 0 Å². The highest BCUT2D eigenvalue weighted by molar-refractivity contribution is 6.31. The Morgan fingerprint density at radius 3 is 2.27 bits per heavy atom. The van der Waals surface area contributed by atoms with Crippen molar-refractivity contribution in [3.63, 3.8) is 0 Å². The van der Waals surface area contributed by atoms with Crippen LogP contribution in [-0.4, -0.2) is 11.1 Å². The van der Waals surface area contributed by atoms with E-state index in [1.807, 2.05) is 0 Å². The average molecular weight is 243 g/mol. The Balaban J connectivity index is 3.51. The van der Waals surface area contributed by atoms with Crippen molar-refractivity contribution in [1.82, 2.24) is 0 Å². The molecular weight excluding hydrogens is 240 g/mol. The van der Waals surface area contributed by atoms with Gasteiger partial charge in [-0.25, -0.2) is 9.18 Å². The summed E-state index contributed by atoms with van der Waals surface area (Å²) in [5.74, 6) is -3.66. The zero-order valence-corrected chi connectivity index (χ0v) is 7.66. The predicted molar refractivity (Wildman–Crippen MR) is 43.4 cm³/mol. The fraction of sp³-hybridized carbons (Fsp3) is 0.125. The highest BCUT2D eigenvalue weighted by atomic mass is 35.5. The Morgan fingerprint density at radius 2 is 1.87 bits per heavy atom. The Bertz CT molecular complexity index is 414. The van der Waals surface area contributed by atoms with Gasteiger partial charge in [0.15, 0.2) is 5.82 Å². The van der Waals surface area contributed by atoms with Gasteiger partial charge in [0, 0.05) is 0 Å². The van der Waals surface area contributed by atoms with E-state index in [0.717, 1.165) is 0 Å². The first kappa shape index (κ1) is 11.8. The number of benzene rings is 1. The molecule has 1 N–H and O–H groups in total. The summed E-state index contributed by atoms with van der Waals surface area (Å²) >= 11 is 5.14. The maximum absolute atomic E-state index is 13.1. The van der Waals surface area contributed by atoms with Crippen molar-refractivity contribution in [2.24, 2.45) is 0 Å². The van der Waals surface area contributed by atoms with Gasteiger partial charge in [0.1, 0.15) is 5.56 Å². The molecule has 0 atom stereocenters. The molecule has 0 unspecified atom stereocenters. The van der Waals surface area contributed by atoms with Crippen LogP contribution >= 0.6 is 11.6 Å². The van der Waals surface area contributed by atoms with Crippen molar-refractivity contribution in [2.75, 3.05) is 0 Å². The van der Waals surface area contributed by atoms with Crippen LogP contribution in [0.2, 0.25) is 5.02 Å². The molecule has 0 radical (unpaired) electrons. The SMILES string of the molecule is O=C(O)c1ccc(Cl)c(C(F)(F)F)c1F. The lowest BCUT2D eigenvalue weighted by atomic mass is 10.1. The average Bonchev–Trinajstić information content (AvgIpc) is 2.00. The number of alkyl halides is 3. The zero-order valence-electron chi connectivity index (χ0n) is 6.90. The van der Waals surface area contributed by atoms with E-state index in [9.17, 15) is 22.4 Å². The van der Waals surface area contributed by atoms with E-state index in [2.05, 4.69) is 0 Å². The summed E-state index contributed by atoms with van der Waals surface area (Å²) in [4.78, 5) is 10.4. The summed E-state index contributed by atoms with van der Waals surface area (Å²) < 4.78 is 49.8. The van der Waals surface area contributed by atoms with E-state index < -0.39 is 34.1 Å². The minimum Gasteiger partial charge on any atom is -0.478 e. The zero-order chi connectivity index (χ0) is 11.8. The number of aromatic carboxylic acids is 1. The van der Waals surface area contributed by atoms with E-state index in [1.165, 1.54) is 0 Å². The standard InChI is InChI=1S/C8H3ClF4O2/c9-4-2-1-3(7(14)15)6(10)5(4)8(11,12)13/h1-2H,(H,14,15). The maximum atomic E-state index is 13.1. The molecule has 1 rings (SSSR count). The summed E-state index contributed by atoms with van der Waals surface area (Å²) in [5.41, 5.74) is -2.82. The molecule has 0 amide bonds. The summed E-state index contributed by atoms with van der Waals surface area (Å²) in [5, 5.41) is 7.53. The third-order valence-electron chi connectivity index (χ3n) is 1.60. The van der Waals surface area contributed by atoms with Gasteiger partial charge in [0.05, 0.1) is 10.6 Å². The van der Waals surface area contributed by atoms with Crippen LogP contribution in [0.15, 0.2) is 12.1 Å². The Labute approximate surface area is 86.1 Å². The molecule has 0 aliphatic carbocycles. The molecule has 0 aromatic heterocycles. The monoisotopic (exact) mass is 242 g/mol. The van der Waals surface area contributed by atoms with Crippen LogP contribution in [-0.2, 0) is 6.18 Å². The number of hydrogen-bond donors (Lipinski definition) is 1. The lowest BCUT2D eigenvalue weighted by Gasteiger charge is -2.11. The molecule has 0 saturated heterocycles. The van der Waals surface area contributed by atoms with Crippen molar-refractivity contribution in [3.05, 3.63) is 34.1 Å². The summed E-state index contributed by atoms with van der Waals surface area (Å²) in [6.45, 7) is 0. The molecule has 1 aromatic rings. The first-order valence-corrected chi connectivity index (χ1v) is 3.91. The Kier molecular flexibility index (Phi) is 2.90. The fourth-order valence-corrected chi connectivity index (χ4v) is 1.23. The van der Waals surface area contributed by atoms with E-state index >= 15 is 0 Å². The second-order valence-corrected chi connectivity index (χ2v) is 2.99. The second-order valence-electron chi connectivity index (χ2n) is 2.59. The van der Waals surface area contributed by atoms with Crippen molar-refractivity contribution in [2.45, 2.75) is 6.18 Å².